The molecule has 0 radical (unpaired) electrons. The highest BCUT2D eigenvalue weighted by Crippen LogP contribution is 2.30. The Kier molecular flexibility index (Phi) is 5.30. The van der Waals surface area contributed by atoms with Crippen LogP contribution in [0.25, 0.3) is 0 Å². The summed E-state index contributed by atoms with van der Waals surface area (Å²) in [6.07, 6.45) is 1.58. The summed E-state index contributed by atoms with van der Waals surface area (Å²) >= 11 is 0. The molecule has 0 bridgehead atoms. The zero-order chi connectivity index (χ0) is 19.3. The molecule has 2 heterocycles. The van der Waals surface area contributed by atoms with Crippen molar-refractivity contribution >= 4 is 0 Å². The average molecular weight is 374 g/mol. The lowest BCUT2D eigenvalue weighted by Gasteiger charge is -2.20. The summed E-state index contributed by atoms with van der Waals surface area (Å²) < 4.78 is 10.5. The number of nitrogens with zero attached hydrogens (tertiary/aromatic N) is 4. The summed E-state index contributed by atoms with van der Waals surface area (Å²) in [5, 5.41) is 8.31. The molecule has 0 aliphatic rings. The van der Waals surface area contributed by atoms with E-state index in [9.17, 15) is 0 Å². The maximum atomic E-state index is 5.58. The van der Waals surface area contributed by atoms with E-state index < -0.39 is 0 Å². The molecule has 0 unspecified atom stereocenters. The minimum atomic E-state index is -0.0711. The van der Waals surface area contributed by atoms with Crippen LogP contribution < -0.4 is 0 Å². The number of benzene rings is 2. The lowest BCUT2D eigenvalue weighted by atomic mass is 9.91. The third-order valence-electron chi connectivity index (χ3n) is 4.94. The van der Waals surface area contributed by atoms with Crippen molar-refractivity contribution in [3.63, 3.8) is 0 Å². The van der Waals surface area contributed by atoms with Crippen LogP contribution in [0.4, 0.5) is 0 Å². The Morgan fingerprint density at radius 3 is 2.11 bits per heavy atom. The van der Waals surface area contributed by atoms with E-state index in [1.807, 2.05) is 49.5 Å². The molecule has 28 heavy (non-hydrogen) atoms. The van der Waals surface area contributed by atoms with Crippen molar-refractivity contribution < 1.29 is 9.05 Å². The molecule has 0 N–H and O–H groups in total. The predicted octanol–water partition coefficient (Wildman–Crippen LogP) is 4.43. The Labute approximate surface area is 163 Å². The van der Waals surface area contributed by atoms with Crippen LogP contribution in [0.15, 0.2) is 82.0 Å². The Morgan fingerprint density at radius 1 is 0.893 bits per heavy atom. The number of rotatable bonds is 7. The molecule has 2 aromatic carbocycles. The van der Waals surface area contributed by atoms with E-state index in [1.165, 1.54) is 0 Å². The van der Waals surface area contributed by atoms with Crippen LogP contribution in [0.5, 0.6) is 0 Å². The Bertz CT molecular complexity index is 944. The molecule has 6 heteroatoms. The summed E-state index contributed by atoms with van der Waals surface area (Å²) in [7, 11) is 2.00. The van der Waals surface area contributed by atoms with Gasteiger partial charge in [0.15, 0.2) is 5.82 Å². The van der Waals surface area contributed by atoms with Gasteiger partial charge in [-0.2, -0.15) is 4.98 Å². The topological polar surface area (TPSA) is 68.2 Å². The molecule has 0 saturated heterocycles. The molecule has 0 aliphatic heterocycles. The van der Waals surface area contributed by atoms with Gasteiger partial charge in [-0.25, -0.2) is 0 Å². The summed E-state index contributed by atoms with van der Waals surface area (Å²) in [4.78, 5) is 6.80. The highest BCUT2D eigenvalue weighted by molar-refractivity contribution is 5.37. The quantitative estimate of drug-likeness (QED) is 0.477. The Hall–Kier alpha value is -3.25. The number of aromatic nitrogens is 3. The van der Waals surface area contributed by atoms with E-state index in [1.54, 1.807) is 6.26 Å². The molecule has 1 atom stereocenters. The van der Waals surface area contributed by atoms with E-state index in [0.717, 1.165) is 16.8 Å². The SMILES string of the molecule is C[C@H](c1ccon1)N(C)Cc1nc(C(c2ccccc2)c2ccccc2)no1. The van der Waals surface area contributed by atoms with Gasteiger partial charge in [-0.3, -0.25) is 4.90 Å². The monoisotopic (exact) mass is 374 g/mol. The Balaban J connectivity index is 1.58. The van der Waals surface area contributed by atoms with Crippen molar-refractivity contribution in [2.45, 2.75) is 25.4 Å². The summed E-state index contributed by atoms with van der Waals surface area (Å²) in [6.45, 7) is 2.59. The van der Waals surface area contributed by atoms with Gasteiger partial charge in [0.1, 0.15) is 12.0 Å². The molecule has 2 aromatic heterocycles. The van der Waals surface area contributed by atoms with E-state index in [-0.39, 0.29) is 12.0 Å². The van der Waals surface area contributed by atoms with Crippen LogP contribution in [0.2, 0.25) is 0 Å². The maximum Gasteiger partial charge on any atom is 0.240 e. The van der Waals surface area contributed by atoms with Gasteiger partial charge in [-0.05, 0) is 25.1 Å². The second-order valence-electron chi connectivity index (χ2n) is 6.82. The molecule has 0 aliphatic carbocycles. The van der Waals surface area contributed by atoms with E-state index in [2.05, 4.69) is 46.4 Å². The van der Waals surface area contributed by atoms with Gasteiger partial charge < -0.3 is 9.05 Å². The van der Waals surface area contributed by atoms with Crippen molar-refractivity contribution in [3.8, 4) is 0 Å². The largest absolute Gasteiger partial charge is 0.364 e. The highest BCUT2D eigenvalue weighted by atomic mass is 16.5. The van der Waals surface area contributed by atoms with Crippen LogP contribution in [-0.2, 0) is 6.54 Å². The Morgan fingerprint density at radius 2 is 1.54 bits per heavy atom. The van der Waals surface area contributed by atoms with Gasteiger partial charge >= 0.3 is 0 Å². The van der Waals surface area contributed by atoms with Gasteiger partial charge in [0.25, 0.3) is 0 Å². The van der Waals surface area contributed by atoms with Crippen molar-refractivity contribution in [2.24, 2.45) is 0 Å². The molecule has 0 amide bonds. The third kappa shape index (κ3) is 3.87. The fourth-order valence-electron chi connectivity index (χ4n) is 3.24. The summed E-state index contributed by atoms with van der Waals surface area (Å²) in [6, 6.07) is 22.4. The average Bonchev–Trinajstić information content (AvgIpc) is 3.42. The fraction of sp³-hybridized carbons (Fsp3) is 0.227. The lowest BCUT2D eigenvalue weighted by molar-refractivity contribution is 0.208. The van der Waals surface area contributed by atoms with E-state index >= 15 is 0 Å². The summed E-state index contributed by atoms with van der Waals surface area (Å²) in [5.74, 6) is 1.16. The number of hydrogen-bond acceptors (Lipinski definition) is 6. The van der Waals surface area contributed by atoms with Gasteiger partial charge in [0.2, 0.25) is 5.89 Å². The third-order valence-corrected chi connectivity index (χ3v) is 4.94. The van der Waals surface area contributed by atoms with Gasteiger partial charge in [0.05, 0.1) is 18.5 Å². The molecule has 0 fully saturated rings. The van der Waals surface area contributed by atoms with Crippen molar-refractivity contribution in [2.75, 3.05) is 7.05 Å². The molecule has 6 nitrogen and oxygen atoms in total. The predicted molar refractivity (Wildman–Crippen MR) is 105 cm³/mol. The van der Waals surface area contributed by atoms with Gasteiger partial charge in [0, 0.05) is 6.07 Å². The lowest BCUT2D eigenvalue weighted by Crippen LogP contribution is -2.22. The van der Waals surface area contributed by atoms with Gasteiger partial charge in [-0.15, -0.1) is 0 Å². The molecule has 142 valence electrons. The second kappa shape index (κ2) is 8.19. The molecule has 4 rings (SSSR count). The van der Waals surface area contributed by atoms with Crippen molar-refractivity contribution in [1.82, 2.24) is 20.2 Å². The molecule has 0 spiro atoms. The van der Waals surface area contributed by atoms with Crippen LogP contribution >= 0.6 is 0 Å². The molecular weight excluding hydrogens is 352 g/mol. The first kappa shape index (κ1) is 18.1. The van der Waals surface area contributed by atoms with Crippen molar-refractivity contribution in [1.29, 1.82) is 0 Å². The van der Waals surface area contributed by atoms with Crippen molar-refractivity contribution in [3.05, 3.63) is 102 Å². The first-order chi connectivity index (χ1) is 13.7. The van der Waals surface area contributed by atoms with E-state index in [4.69, 9.17) is 14.0 Å². The van der Waals surface area contributed by atoms with Crippen LogP contribution in [0, 0.1) is 0 Å². The number of hydrogen-bond donors (Lipinski definition) is 0. The van der Waals surface area contributed by atoms with Crippen LogP contribution in [-0.4, -0.2) is 27.2 Å². The molecular formula is C22H22N4O2. The zero-order valence-corrected chi connectivity index (χ0v) is 15.9. The minimum Gasteiger partial charge on any atom is -0.364 e. The molecule has 0 saturated carbocycles. The fourth-order valence-corrected chi connectivity index (χ4v) is 3.24. The maximum absolute atomic E-state index is 5.58. The van der Waals surface area contributed by atoms with Crippen LogP contribution in [0.3, 0.4) is 0 Å². The first-order valence-corrected chi connectivity index (χ1v) is 9.25. The van der Waals surface area contributed by atoms with Crippen LogP contribution in [0.1, 0.15) is 47.4 Å². The smallest absolute Gasteiger partial charge is 0.240 e. The minimum absolute atomic E-state index is 0.0711. The standard InChI is InChI=1S/C22H22N4O2/c1-16(19-13-14-27-24-19)26(2)15-20-23-22(25-28-20)21(17-9-5-3-6-10-17)18-11-7-4-8-12-18/h3-14,16,21H,15H2,1-2H3/t16-/m1/s1. The second-order valence-corrected chi connectivity index (χ2v) is 6.82. The first-order valence-electron chi connectivity index (χ1n) is 9.25. The highest BCUT2D eigenvalue weighted by Gasteiger charge is 2.23. The van der Waals surface area contributed by atoms with E-state index in [0.29, 0.717) is 18.3 Å². The summed E-state index contributed by atoms with van der Waals surface area (Å²) in [5.41, 5.74) is 3.13. The normalized spacial score (nSPS) is 12.6. The van der Waals surface area contributed by atoms with Gasteiger partial charge in [-0.1, -0.05) is 71.0 Å². The zero-order valence-electron chi connectivity index (χ0n) is 15.9. The molecule has 4 aromatic rings.